The number of hydrogen-bond donors (Lipinski definition) is 2. The van der Waals surface area contributed by atoms with Crippen LogP contribution < -0.4 is 16.6 Å². The number of carbonyl (C=O) groups is 1. The number of benzene rings is 1. The average molecular weight is 382 g/mol. The minimum Gasteiger partial charge on any atom is -0.374 e. The number of carbonyl (C=O) groups excluding carboxylic acids is 1. The van der Waals surface area contributed by atoms with E-state index in [-0.39, 0.29) is 28.6 Å². The quantitative estimate of drug-likeness (QED) is 0.603. The predicted octanol–water partition coefficient (Wildman–Crippen LogP) is 1.52. The van der Waals surface area contributed by atoms with Crippen molar-refractivity contribution in [1.82, 2.24) is 19.9 Å². The number of ether oxygens (including phenoxy) is 1. The summed E-state index contributed by atoms with van der Waals surface area (Å²) in [4.78, 5) is 42.1. The van der Waals surface area contributed by atoms with Gasteiger partial charge < -0.3 is 10.1 Å². The highest BCUT2D eigenvalue weighted by Gasteiger charge is 2.11. The molecular formula is C20H22N4O4. The fourth-order valence-corrected chi connectivity index (χ4v) is 2.82. The highest BCUT2D eigenvalue weighted by molar-refractivity contribution is 5.96. The Hall–Kier alpha value is -3.26. The molecule has 3 rings (SSSR count). The summed E-state index contributed by atoms with van der Waals surface area (Å²) >= 11 is 0. The molecule has 0 aliphatic rings. The van der Waals surface area contributed by atoms with E-state index in [0.717, 1.165) is 5.56 Å². The number of rotatable bonds is 7. The first-order valence-corrected chi connectivity index (χ1v) is 9.01. The molecule has 0 saturated carbocycles. The molecule has 2 N–H and O–H groups in total. The molecule has 2 heterocycles. The van der Waals surface area contributed by atoms with Gasteiger partial charge in [-0.3, -0.25) is 19.1 Å². The second kappa shape index (κ2) is 8.62. The minimum atomic E-state index is -0.566. The van der Waals surface area contributed by atoms with E-state index in [1.807, 2.05) is 37.3 Å². The molecule has 0 fully saturated rings. The van der Waals surface area contributed by atoms with Crippen molar-refractivity contribution in [2.45, 2.75) is 19.4 Å². The van der Waals surface area contributed by atoms with Crippen LogP contribution >= 0.6 is 0 Å². The van der Waals surface area contributed by atoms with Crippen molar-refractivity contribution in [3.05, 3.63) is 74.6 Å². The molecule has 146 valence electrons. The molecule has 0 aliphatic carbocycles. The third-order valence-corrected chi connectivity index (χ3v) is 4.46. The van der Waals surface area contributed by atoms with E-state index in [1.54, 1.807) is 0 Å². The summed E-state index contributed by atoms with van der Waals surface area (Å²) in [5, 5.41) is 2.97. The Morgan fingerprint density at radius 2 is 2.04 bits per heavy atom. The highest BCUT2D eigenvalue weighted by atomic mass is 16.5. The number of H-pyrrole nitrogens is 1. The molecule has 8 nitrogen and oxygen atoms in total. The molecule has 0 aliphatic heterocycles. The number of aromatic amines is 1. The summed E-state index contributed by atoms with van der Waals surface area (Å²) in [6, 6.07) is 11.4. The number of pyridine rings is 1. The van der Waals surface area contributed by atoms with Gasteiger partial charge in [-0.2, -0.15) is 0 Å². The molecule has 1 atom stereocenters. The number of fused-ring (bicyclic) bond motifs is 1. The SMILES string of the molecule is CC(OCCCNC(=O)c1cnc2c(c1)c(=O)[nH]c(=O)n2C)c1ccccc1. The van der Waals surface area contributed by atoms with E-state index in [0.29, 0.717) is 19.6 Å². The van der Waals surface area contributed by atoms with Crippen LogP contribution in [0.15, 0.2) is 52.2 Å². The van der Waals surface area contributed by atoms with Crippen molar-refractivity contribution in [2.75, 3.05) is 13.2 Å². The lowest BCUT2D eigenvalue weighted by atomic mass is 10.1. The zero-order valence-electron chi connectivity index (χ0n) is 15.8. The second-order valence-electron chi connectivity index (χ2n) is 6.45. The van der Waals surface area contributed by atoms with E-state index in [2.05, 4.69) is 15.3 Å². The molecule has 1 amide bonds. The fraction of sp³-hybridized carbons (Fsp3) is 0.300. The molecule has 8 heteroatoms. The van der Waals surface area contributed by atoms with E-state index in [9.17, 15) is 14.4 Å². The van der Waals surface area contributed by atoms with Crippen LogP contribution in [0.4, 0.5) is 0 Å². The fourth-order valence-electron chi connectivity index (χ4n) is 2.82. The third kappa shape index (κ3) is 4.34. The summed E-state index contributed by atoms with van der Waals surface area (Å²) in [7, 11) is 1.50. The number of nitrogens with one attached hydrogen (secondary N) is 2. The van der Waals surface area contributed by atoms with Gasteiger partial charge in [0.05, 0.1) is 17.1 Å². The van der Waals surface area contributed by atoms with Crippen molar-refractivity contribution in [1.29, 1.82) is 0 Å². The van der Waals surface area contributed by atoms with Crippen molar-refractivity contribution in [3.8, 4) is 0 Å². The standard InChI is InChI=1S/C20H22N4O4/c1-13(14-7-4-3-5-8-14)28-10-6-9-21-18(25)15-11-16-17(22-12-15)24(2)20(27)23-19(16)26/h3-5,7-8,11-13H,6,9-10H2,1-2H3,(H,21,25)(H,23,26,27). The summed E-state index contributed by atoms with van der Waals surface area (Å²) in [5.74, 6) is -0.334. The van der Waals surface area contributed by atoms with Gasteiger partial charge in [0.2, 0.25) is 0 Å². The van der Waals surface area contributed by atoms with Gasteiger partial charge in [-0.1, -0.05) is 30.3 Å². The first-order chi connectivity index (χ1) is 13.5. The maximum Gasteiger partial charge on any atom is 0.329 e. The van der Waals surface area contributed by atoms with Gasteiger partial charge in [-0.15, -0.1) is 0 Å². The van der Waals surface area contributed by atoms with Gasteiger partial charge in [-0.05, 0) is 25.0 Å². The maximum absolute atomic E-state index is 12.3. The molecule has 0 bridgehead atoms. The predicted molar refractivity (Wildman–Crippen MR) is 105 cm³/mol. The van der Waals surface area contributed by atoms with Crippen LogP contribution in [0.3, 0.4) is 0 Å². The topological polar surface area (TPSA) is 106 Å². The number of nitrogens with zero attached hydrogens (tertiary/aromatic N) is 2. The zero-order chi connectivity index (χ0) is 20.1. The molecule has 1 aromatic carbocycles. The van der Waals surface area contributed by atoms with E-state index < -0.39 is 11.2 Å². The lowest BCUT2D eigenvalue weighted by Crippen LogP contribution is -2.30. The Bertz CT molecular complexity index is 1090. The van der Waals surface area contributed by atoms with Crippen molar-refractivity contribution in [3.63, 3.8) is 0 Å². The van der Waals surface area contributed by atoms with E-state index in [4.69, 9.17) is 4.74 Å². The molecular weight excluding hydrogens is 360 g/mol. The monoisotopic (exact) mass is 382 g/mol. The Balaban J connectivity index is 1.54. The average Bonchev–Trinajstić information content (AvgIpc) is 2.71. The van der Waals surface area contributed by atoms with Crippen LogP contribution in [0.1, 0.15) is 35.4 Å². The van der Waals surface area contributed by atoms with Gasteiger partial charge in [0, 0.05) is 26.4 Å². The lowest BCUT2D eigenvalue weighted by Gasteiger charge is -2.13. The minimum absolute atomic E-state index is 0.0139. The van der Waals surface area contributed by atoms with Gasteiger partial charge in [0.25, 0.3) is 11.5 Å². The van der Waals surface area contributed by atoms with Crippen molar-refractivity contribution >= 4 is 16.9 Å². The maximum atomic E-state index is 12.3. The van der Waals surface area contributed by atoms with E-state index >= 15 is 0 Å². The number of aryl methyl sites for hydroxylation is 1. The first kappa shape index (κ1) is 19.5. The van der Waals surface area contributed by atoms with E-state index in [1.165, 1.54) is 23.9 Å². The normalized spacial score (nSPS) is 12.1. The summed E-state index contributed by atoms with van der Waals surface area (Å²) in [5.41, 5.74) is 0.479. The number of amides is 1. The van der Waals surface area contributed by atoms with Crippen molar-refractivity contribution < 1.29 is 9.53 Å². The molecule has 1 unspecified atom stereocenters. The molecule has 0 saturated heterocycles. The van der Waals surface area contributed by atoms with Gasteiger partial charge in [0.1, 0.15) is 5.65 Å². The highest BCUT2D eigenvalue weighted by Crippen LogP contribution is 2.15. The largest absolute Gasteiger partial charge is 0.374 e. The Morgan fingerprint density at radius 3 is 2.79 bits per heavy atom. The smallest absolute Gasteiger partial charge is 0.329 e. The number of hydrogen-bond acceptors (Lipinski definition) is 5. The van der Waals surface area contributed by atoms with Crippen molar-refractivity contribution in [2.24, 2.45) is 7.05 Å². The summed E-state index contributed by atoms with van der Waals surface area (Å²) < 4.78 is 7.00. The Kier molecular flexibility index (Phi) is 6.00. The van der Waals surface area contributed by atoms with Crippen LogP contribution in [0, 0.1) is 0 Å². The van der Waals surface area contributed by atoms with Gasteiger partial charge >= 0.3 is 5.69 Å². The van der Waals surface area contributed by atoms with Crippen LogP contribution in [0.2, 0.25) is 0 Å². The van der Waals surface area contributed by atoms with Crippen LogP contribution in [0.25, 0.3) is 11.0 Å². The lowest BCUT2D eigenvalue weighted by molar-refractivity contribution is 0.0635. The van der Waals surface area contributed by atoms with Crippen LogP contribution in [0.5, 0.6) is 0 Å². The molecule has 0 radical (unpaired) electrons. The van der Waals surface area contributed by atoms with Gasteiger partial charge in [0.15, 0.2) is 0 Å². The second-order valence-corrected chi connectivity index (χ2v) is 6.45. The van der Waals surface area contributed by atoms with Gasteiger partial charge in [-0.25, -0.2) is 9.78 Å². The molecule has 28 heavy (non-hydrogen) atoms. The molecule has 2 aromatic heterocycles. The number of aromatic nitrogens is 3. The van der Waals surface area contributed by atoms with Crippen LogP contribution in [-0.2, 0) is 11.8 Å². The molecule has 3 aromatic rings. The Labute approximate surface area is 161 Å². The Morgan fingerprint density at radius 1 is 1.29 bits per heavy atom. The summed E-state index contributed by atoms with van der Waals surface area (Å²) in [6.45, 7) is 2.93. The third-order valence-electron chi connectivity index (χ3n) is 4.46. The van der Waals surface area contributed by atoms with Crippen LogP contribution in [-0.4, -0.2) is 33.6 Å². The summed E-state index contributed by atoms with van der Waals surface area (Å²) in [6.07, 6.45) is 1.99. The molecule has 0 spiro atoms. The first-order valence-electron chi connectivity index (χ1n) is 9.01. The zero-order valence-corrected chi connectivity index (χ0v) is 15.8.